The SMILES string of the molecule is CC(C)N(C(=O)c1cnc(-c2cnn(-c3ccccn3)c2)[nH]1)C1CCNCC1. The van der Waals surface area contributed by atoms with Gasteiger partial charge in [-0.1, -0.05) is 6.07 Å². The average molecular weight is 379 g/mol. The van der Waals surface area contributed by atoms with Crippen LogP contribution in [0.1, 0.15) is 37.2 Å². The van der Waals surface area contributed by atoms with Crippen LogP contribution in [0.5, 0.6) is 0 Å². The van der Waals surface area contributed by atoms with Gasteiger partial charge in [0, 0.05) is 24.5 Å². The number of carbonyl (C=O) groups is 1. The Hall–Kier alpha value is -3.00. The highest BCUT2D eigenvalue weighted by Gasteiger charge is 2.29. The molecule has 1 aliphatic rings. The molecule has 1 amide bonds. The number of nitrogens with one attached hydrogen (secondary N) is 2. The van der Waals surface area contributed by atoms with Crippen molar-refractivity contribution >= 4 is 5.91 Å². The summed E-state index contributed by atoms with van der Waals surface area (Å²) in [7, 11) is 0. The molecule has 8 heteroatoms. The van der Waals surface area contributed by atoms with Crippen molar-refractivity contribution in [1.29, 1.82) is 0 Å². The van der Waals surface area contributed by atoms with Gasteiger partial charge in [-0.3, -0.25) is 4.79 Å². The third-order valence-electron chi connectivity index (χ3n) is 5.04. The Morgan fingerprint density at radius 2 is 2.04 bits per heavy atom. The first kappa shape index (κ1) is 18.4. The maximum Gasteiger partial charge on any atom is 0.272 e. The summed E-state index contributed by atoms with van der Waals surface area (Å²) in [5.74, 6) is 1.35. The zero-order valence-electron chi connectivity index (χ0n) is 16.2. The van der Waals surface area contributed by atoms with Gasteiger partial charge in [-0.15, -0.1) is 0 Å². The van der Waals surface area contributed by atoms with Gasteiger partial charge in [-0.05, 0) is 51.9 Å². The van der Waals surface area contributed by atoms with E-state index in [1.165, 1.54) is 0 Å². The molecule has 8 nitrogen and oxygen atoms in total. The Morgan fingerprint density at radius 1 is 1.21 bits per heavy atom. The molecule has 0 aromatic carbocycles. The summed E-state index contributed by atoms with van der Waals surface area (Å²) in [5.41, 5.74) is 1.32. The Kier molecular flexibility index (Phi) is 5.21. The molecule has 1 aliphatic heterocycles. The molecule has 146 valence electrons. The van der Waals surface area contributed by atoms with E-state index in [1.807, 2.05) is 29.3 Å². The molecule has 4 heterocycles. The van der Waals surface area contributed by atoms with Gasteiger partial charge in [-0.25, -0.2) is 14.6 Å². The van der Waals surface area contributed by atoms with E-state index < -0.39 is 0 Å². The number of rotatable bonds is 5. The zero-order valence-corrected chi connectivity index (χ0v) is 16.2. The molecule has 0 spiro atoms. The van der Waals surface area contributed by atoms with Crippen LogP contribution in [0.2, 0.25) is 0 Å². The van der Waals surface area contributed by atoms with Gasteiger partial charge in [0.1, 0.15) is 11.5 Å². The molecule has 2 N–H and O–H groups in total. The Labute approximate surface area is 164 Å². The highest BCUT2D eigenvalue weighted by Crippen LogP contribution is 2.21. The van der Waals surface area contributed by atoms with E-state index in [9.17, 15) is 4.79 Å². The van der Waals surface area contributed by atoms with Crippen LogP contribution >= 0.6 is 0 Å². The van der Waals surface area contributed by atoms with Crippen molar-refractivity contribution in [3.8, 4) is 17.2 Å². The second kappa shape index (κ2) is 7.93. The van der Waals surface area contributed by atoms with Gasteiger partial charge >= 0.3 is 0 Å². The van der Waals surface area contributed by atoms with E-state index in [0.717, 1.165) is 37.3 Å². The van der Waals surface area contributed by atoms with Crippen LogP contribution in [-0.2, 0) is 0 Å². The highest BCUT2D eigenvalue weighted by atomic mass is 16.2. The fraction of sp³-hybridized carbons (Fsp3) is 0.400. The minimum Gasteiger partial charge on any atom is -0.334 e. The lowest BCUT2D eigenvalue weighted by Crippen LogP contribution is -2.49. The molecule has 0 radical (unpaired) electrons. The second-order valence-electron chi connectivity index (χ2n) is 7.29. The van der Waals surface area contributed by atoms with Gasteiger partial charge in [0.2, 0.25) is 0 Å². The summed E-state index contributed by atoms with van der Waals surface area (Å²) >= 11 is 0. The first-order valence-electron chi connectivity index (χ1n) is 9.68. The lowest BCUT2D eigenvalue weighted by molar-refractivity contribution is 0.0560. The lowest BCUT2D eigenvalue weighted by atomic mass is 10.0. The van der Waals surface area contributed by atoms with E-state index >= 15 is 0 Å². The van der Waals surface area contributed by atoms with Crippen molar-refractivity contribution in [3.63, 3.8) is 0 Å². The van der Waals surface area contributed by atoms with E-state index in [2.05, 4.69) is 39.2 Å². The Balaban J connectivity index is 1.55. The summed E-state index contributed by atoms with van der Waals surface area (Å²) in [6.45, 7) is 6.02. The molecule has 1 fully saturated rings. The number of pyridine rings is 1. The number of hydrogen-bond donors (Lipinski definition) is 2. The van der Waals surface area contributed by atoms with Crippen LogP contribution in [0, 0.1) is 0 Å². The number of aromatic nitrogens is 5. The van der Waals surface area contributed by atoms with E-state index in [0.29, 0.717) is 11.5 Å². The fourth-order valence-corrected chi connectivity index (χ4v) is 3.68. The topological polar surface area (TPSA) is 91.7 Å². The van der Waals surface area contributed by atoms with Crippen molar-refractivity contribution < 1.29 is 4.79 Å². The van der Waals surface area contributed by atoms with Crippen LogP contribution in [0.3, 0.4) is 0 Å². The zero-order chi connectivity index (χ0) is 19.5. The van der Waals surface area contributed by atoms with Crippen molar-refractivity contribution in [2.24, 2.45) is 0 Å². The maximum atomic E-state index is 13.2. The van der Waals surface area contributed by atoms with Crippen LogP contribution in [0.25, 0.3) is 17.2 Å². The maximum absolute atomic E-state index is 13.2. The predicted molar refractivity (Wildman–Crippen MR) is 106 cm³/mol. The van der Waals surface area contributed by atoms with Crippen molar-refractivity contribution in [3.05, 3.63) is 48.7 Å². The molecule has 0 bridgehead atoms. The normalized spacial score (nSPS) is 15.1. The summed E-state index contributed by atoms with van der Waals surface area (Å²) < 4.78 is 1.69. The van der Waals surface area contributed by atoms with Crippen LogP contribution in [0.4, 0.5) is 0 Å². The number of amides is 1. The number of H-pyrrole nitrogens is 1. The third kappa shape index (κ3) is 3.68. The fourth-order valence-electron chi connectivity index (χ4n) is 3.68. The summed E-state index contributed by atoms with van der Waals surface area (Å²) in [6, 6.07) is 6.05. The van der Waals surface area contributed by atoms with Gasteiger partial charge in [0.15, 0.2) is 5.82 Å². The van der Waals surface area contributed by atoms with Crippen molar-refractivity contribution in [2.75, 3.05) is 13.1 Å². The summed E-state index contributed by atoms with van der Waals surface area (Å²) in [6.07, 6.45) is 8.86. The van der Waals surface area contributed by atoms with Crippen molar-refractivity contribution in [1.82, 2.24) is 34.9 Å². The van der Waals surface area contributed by atoms with Gasteiger partial charge in [0.25, 0.3) is 5.91 Å². The Bertz CT molecular complexity index is 925. The van der Waals surface area contributed by atoms with Crippen molar-refractivity contribution in [2.45, 2.75) is 38.8 Å². The van der Waals surface area contributed by atoms with E-state index in [1.54, 1.807) is 23.3 Å². The van der Waals surface area contributed by atoms with E-state index in [-0.39, 0.29) is 18.0 Å². The molecular weight excluding hydrogens is 354 g/mol. The minimum absolute atomic E-state index is 0.00207. The molecule has 3 aromatic rings. The van der Waals surface area contributed by atoms with Crippen LogP contribution in [-0.4, -0.2) is 60.7 Å². The molecule has 0 saturated carbocycles. The molecule has 0 atom stereocenters. The predicted octanol–water partition coefficient (Wildman–Crippen LogP) is 2.26. The highest BCUT2D eigenvalue weighted by molar-refractivity contribution is 5.93. The number of piperidine rings is 1. The van der Waals surface area contributed by atoms with Gasteiger partial charge < -0.3 is 15.2 Å². The number of carbonyl (C=O) groups excluding carboxylic acids is 1. The van der Waals surface area contributed by atoms with Gasteiger partial charge in [0.05, 0.1) is 18.0 Å². The summed E-state index contributed by atoms with van der Waals surface area (Å²) in [4.78, 5) is 27.0. The van der Waals surface area contributed by atoms with Crippen LogP contribution < -0.4 is 5.32 Å². The standard InChI is InChI=1S/C20H25N7O/c1-14(2)27(16-6-9-21-10-7-16)20(28)17-12-23-19(25-17)15-11-24-26(13-15)18-5-3-4-8-22-18/h3-5,8,11-14,16,21H,6-7,9-10H2,1-2H3,(H,23,25). The minimum atomic E-state index is -0.00207. The Morgan fingerprint density at radius 3 is 2.75 bits per heavy atom. The number of aromatic amines is 1. The molecular formula is C20H25N7O. The monoisotopic (exact) mass is 379 g/mol. The molecule has 0 aliphatic carbocycles. The summed E-state index contributed by atoms with van der Waals surface area (Å²) in [5, 5.41) is 7.70. The molecule has 0 unspecified atom stereocenters. The number of nitrogens with zero attached hydrogens (tertiary/aromatic N) is 5. The molecule has 1 saturated heterocycles. The average Bonchev–Trinajstić information content (AvgIpc) is 3.39. The van der Waals surface area contributed by atoms with Crippen LogP contribution in [0.15, 0.2) is 43.0 Å². The largest absolute Gasteiger partial charge is 0.334 e. The first-order valence-corrected chi connectivity index (χ1v) is 9.68. The lowest BCUT2D eigenvalue weighted by Gasteiger charge is -2.37. The molecule has 3 aromatic heterocycles. The second-order valence-corrected chi connectivity index (χ2v) is 7.29. The quantitative estimate of drug-likeness (QED) is 0.709. The first-order chi connectivity index (χ1) is 13.6. The number of hydrogen-bond acceptors (Lipinski definition) is 5. The third-order valence-corrected chi connectivity index (χ3v) is 5.04. The number of imidazole rings is 1. The molecule has 28 heavy (non-hydrogen) atoms. The smallest absolute Gasteiger partial charge is 0.272 e. The van der Waals surface area contributed by atoms with E-state index in [4.69, 9.17) is 0 Å². The molecule has 4 rings (SSSR count). The van der Waals surface area contributed by atoms with Gasteiger partial charge in [-0.2, -0.15) is 5.10 Å².